The van der Waals surface area contributed by atoms with Crippen molar-refractivity contribution < 1.29 is 14.3 Å². The summed E-state index contributed by atoms with van der Waals surface area (Å²) < 4.78 is 6.08. The van der Waals surface area contributed by atoms with Crippen LogP contribution >= 0.6 is 15.9 Å². The topological polar surface area (TPSA) is 55.4 Å². The first kappa shape index (κ1) is 13.8. The first-order chi connectivity index (χ1) is 10.1. The maximum absolute atomic E-state index is 12.2. The van der Waals surface area contributed by atoms with E-state index < -0.39 is 12.1 Å². The maximum Gasteiger partial charge on any atom is 0.339 e. The minimum atomic E-state index is -0.800. The molecule has 0 unspecified atom stereocenters. The lowest BCUT2D eigenvalue weighted by Gasteiger charge is -2.23. The SMILES string of the molecule is O=C1O[C@@H](C(=O)Nc2cccc(Br)c2)Cc2ccccc21. The lowest BCUT2D eigenvalue weighted by atomic mass is 9.98. The maximum atomic E-state index is 12.2. The van der Waals surface area contributed by atoms with Crippen LogP contribution in [0.15, 0.2) is 53.0 Å². The van der Waals surface area contributed by atoms with E-state index in [-0.39, 0.29) is 5.91 Å². The van der Waals surface area contributed by atoms with E-state index in [0.717, 1.165) is 10.0 Å². The van der Waals surface area contributed by atoms with E-state index >= 15 is 0 Å². The van der Waals surface area contributed by atoms with Crippen molar-refractivity contribution in [3.63, 3.8) is 0 Å². The van der Waals surface area contributed by atoms with Crippen molar-refractivity contribution in [3.05, 3.63) is 64.1 Å². The fraction of sp³-hybridized carbons (Fsp3) is 0.125. The van der Waals surface area contributed by atoms with Gasteiger partial charge in [-0.1, -0.05) is 40.2 Å². The number of carbonyl (C=O) groups is 2. The standard InChI is InChI=1S/C16H12BrNO3/c17-11-5-3-6-12(9-11)18-15(19)14-8-10-4-1-2-7-13(10)16(20)21-14/h1-7,9,14H,8H2,(H,18,19)/t14-/m1/s1. The van der Waals surface area contributed by atoms with Crippen LogP contribution in [0.1, 0.15) is 15.9 Å². The van der Waals surface area contributed by atoms with Crippen molar-refractivity contribution in [1.82, 2.24) is 0 Å². The molecule has 1 heterocycles. The van der Waals surface area contributed by atoms with Gasteiger partial charge in [0.15, 0.2) is 6.10 Å². The molecule has 2 aromatic carbocycles. The summed E-state index contributed by atoms with van der Waals surface area (Å²) in [6, 6.07) is 14.4. The Balaban J connectivity index is 1.76. The van der Waals surface area contributed by atoms with Crippen molar-refractivity contribution in [1.29, 1.82) is 0 Å². The number of cyclic esters (lactones) is 1. The Morgan fingerprint density at radius 2 is 2.00 bits per heavy atom. The zero-order chi connectivity index (χ0) is 14.8. The molecular formula is C16H12BrNO3. The number of amides is 1. The van der Waals surface area contributed by atoms with Crippen LogP contribution in [0.25, 0.3) is 0 Å². The van der Waals surface area contributed by atoms with Gasteiger partial charge in [0.25, 0.3) is 5.91 Å². The van der Waals surface area contributed by atoms with Crippen molar-refractivity contribution >= 4 is 33.5 Å². The van der Waals surface area contributed by atoms with Crippen molar-refractivity contribution in [2.75, 3.05) is 5.32 Å². The van der Waals surface area contributed by atoms with Crippen LogP contribution in [-0.2, 0) is 16.0 Å². The van der Waals surface area contributed by atoms with Crippen LogP contribution in [0.2, 0.25) is 0 Å². The highest BCUT2D eigenvalue weighted by molar-refractivity contribution is 9.10. The third kappa shape index (κ3) is 2.97. The molecule has 5 heteroatoms. The smallest absolute Gasteiger partial charge is 0.339 e. The highest BCUT2D eigenvalue weighted by Crippen LogP contribution is 2.22. The molecule has 1 amide bonds. The number of benzene rings is 2. The molecule has 2 aromatic rings. The second-order valence-electron chi connectivity index (χ2n) is 4.75. The first-order valence-corrected chi connectivity index (χ1v) is 7.28. The Labute approximate surface area is 130 Å². The molecule has 0 aliphatic carbocycles. The van der Waals surface area contributed by atoms with Gasteiger partial charge in [0.05, 0.1) is 5.56 Å². The average Bonchev–Trinajstić information content (AvgIpc) is 2.47. The summed E-state index contributed by atoms with van der Waals surface area (Å²) in [7, 11) is 0. The third-order valence-corrected chi connectivity index (χ3v) is 3.77. The molecule has 0 fully saturated rings. The van der Waals surface area contributed by atoms with Crippen LogP contribution in [-0.4, -0.2) is 18.0 Å². The number of esters is 1. The Hall–Kier alpha value is -2.14. The second-order valence-corrected chi connectivity index (χ2v) is 5.67. The zero-order valence-electron chi connectivity index (χ0n) is 11.0. The molecule has 1 aliphatic heterocycles. The number of fused-ring (bicyclic) bond motifs is 1. The van der Waals surface area contributed by atoms with Crippen molar-refractivity contribution in [3.8, 4) is 0 Å². The van der Waals surface area contributed by atoms with E-state index in [0.29, 0.717) is 17.7 Å². The van der Waals surface area contributed by atoms with E-state index in [1.807, 2.05) is 24.3 Å². The Kier molecular flexibility index (Phi) is 3.75. The van der Waals surface area contributed by atoms with Crippen LogP contribution in [0.3, 0.4) is 0 Å². The summed E-state index contributed by atoms with van der Waals surface area (Å²) in [5.74, 6) is -0.776. The third-order valence-electron chi connectivity index (χ3n) is 3.28. The highest BCUT2D eigenvalue weighted by atomic mass is 79.9. The molecule has 1 N–H and O–H groups in total. The van der Waals surface area contributed by atoms with Crippen LogP contribution in [0.4, 0.5) is 5.69 Å². The first-order valence-electron chi connectivity index (χ1n) is 6.49. The van der Waals surface area contributed by atoms with E-state index in [4.69, 9.17) is 4.74 Å². The number of anilines is 1. The fourth-order valence-corrected chi connectivity index (χ4v) is 2.67. The highest BCUT2D eigenvalue weighted by Gasteiger charge is 2.30. The Morgan fingerprint density at radius 1 is 1.19 bits per heavy atom. The molecular weight excluding hydrogens is 334 g/mol. The number of hydrogen-bond acceptors (Lipinski definition) is 3. The molecule has 0 aromatic heterocycles. The summed E-state index contributed by atoms with van der Waals surface area (Å²) in [6.07, 6.45) is -0.409. The van der Waals surface area contributed by atoms with Gasteiger partial charge in [0.1, 0.15) is 0 Å². The van der Waals surface area contributed by atoms with Gasteiger partial charge >= 0.3 is 5.97 Å². The predicted octanol–water partition coefficient (Wildman–Crippen LogP) is 3.17. The van der Waals surface area contributed by atoms with Crippen molar-refractivity contribution in [2.45, 2.75) is 12.5 Å². The van der Waals surface area contributed by atoms with Gasteiger partial charge in [-0.2, -0.15) is 0 Å². The van der Waals surface area contributed by atoms with Gasteiger partial charge < -0.3 is 10.1 Å². The van der Waals surface area contributed by atoms with Gasteiger partial charge in [-0.05, 0) is 29.8 Å². The predicted molar refractivity (Wildman–Crippen MR) is 82.1 cm³/mol. The molecule has 0 saturated heterocycles. The van der Waals surface area contributed by atoms with Crippen LogP contribution in [0.5, 0.6) is 0 Å². The number of hydrogen-bond donors (Lipinski definition) is 1. The normalized spacial score (nSPS) is 16.8. The summed E-state index contributed by atoms with van der Waals surface area (Å²) in [6.45, 7) is 0. The average molecular weight is 346 g/mol. The molecule has 0 saturated carbocycles. The van der Waals surface area contributed by atoms with Crippen LogP contribution < -0.4 is 5.32 Å². The Morgan fingerprint density at radius 3 is 2.81 bits per heavy atom. The quantitative estimate of drug-likeness (QED) is 0.850. The van der Waals surface area contributed by atoms with Gasteiger partial charge in [0, 0.05) is 16.6 Å². The summed E-state index contributed by atoms with van der Waals surface area (Å²) in [4.78, 5) is 24.1. The van der Waals surface area contributed by atoms with Crippen molar-refractivity contribution in [2.24, 2.45) is 0 Å². The monoisotopic (exact) mass is 345 g/mol. The second kappa shape index (κ2) is 5.69. The van der Waals surface area contributed by atoms with E-state index in [1.54, 1.807) is 24.3 Å². The molecule has 1 aliphatic rings. The molecule has 106 valence electrons. The minimum absolute atomic E-state index is 0.323. The number of carbonyl (C=O) groups excluding carboxylic acids is 2. The van der Waals surface area contributed by atoms with E-state index in [2.05, 4.69) is 21.2 Å². The Bertz CT molecular complexity index is 714. The molecule has 3 rings (SSSR count). The molecule has 1 atom stereocenters. The minimum Gasteiger partial charge on any atom is -0.448 e. The lowest BCUT2D eigenvalue weighted by Crippen LogP contribution is -2.37. The largest absolute Gasteiger partial charge is 0.448 e. The molecule has 4 nitrogen and oxygen atoms in total. The molecule has 0 bridgehead atoms. The number of halogens is 1. The van der Waals surface area contributed by atoms with Crippen LogP contribution in [0, 0.1) is 0 Å². The molecule has 0 radical (unpaired) electrons. The number of rotatable bonds is 2. The fourth-order valence-electron chi connectivity index (χ4n) is 2.27. The van der Waals surface area contributed by atoms with E-state index in [9.17, 15) is 9.59 Å². The lowest BCUT2D eigenvalue weighted by molar-refractivity contribution is -0.125. The number of nitrogens with one attached hydrogen (secondary N) is 1. The molecule has 21 heavy (non-hydrogen) atoms. The van der Waals surface area contributed by atoms with E-state index in [1.165, 1.54) is 0 Å². The summed E-state index contributed by atoms with van der Waals surface area (Å²) >= 11 is 3.34. The summed E-state index contributed by atoms with van der Waals surface area (Å²) in [5, 5.41) is 2.76. The van der Waals surface area contributed by atoms with Gasteiger partial charge in [-0.25, -0.2) is 4.79 Å². The number of ether oxygens (including phenoxy) is 1. The van der Waals surface area contributed by atoms with Gasteiger partial charge in [-0.3, -0.25) is 4.79 Å². The molecule has 0 spiro atoms. The zero-order valence-corrected chi connectivity index (χ0v) is 12.6. The van der Waals surface area contributed by atoms with Gasteiger partial charge in [-0.15, -0.1) is 0 Å². The van der Waals surface area contributed by atoms with Gasteiger partial charge in [0.2, 0.25) is 0 Å². The summed E-state index contributed by atoms with van der Waals surface area (Å²) in [5.41, 5.74) is 2.02.